The second kappa shape index (κ2) is 10.1. The number of pyridine rings is 1. The number of piperidine rings is 2. The zero-order valence-corrected chi connectivity index (χ0v) is 20.8. The fraction of sp³-hybridized carbons (Fsp3) is 0.393. The van der Waals surface area contributed by atoms with Crippen molar-refractivity contribution in [3.8, 4) is 0 Å². The molecule has 1 aromatic heterocycles. The van der Waals surface area contributed by atoms with Crippen LogP contribution in [0.4, 0.5) is 13.2 Å². The number of likely N-dealkylation sites (tertiary alicyclic amines) is 1. The Bertz CT molecular complexity index is 1360. The first-order valence-electron chi connectivity index (χ1n) is 12.4. The summed E-state index contributed by atoms with van der Waals surface area (Å²) in [5, 5.41) is 14.9. The van der Waals surface area contributed by atoms with E-state index in [0.717, 1.165) is 23.1 Å². The number of amides is 2. The van der Waals surface area contributed by atoms with E-state index in [1.54, 1.807) is 6.20 Å². The molecule has 3 unspecified atom stereocenters. The van der Waals surface area contributed by atoms with Crippen molar-refractivity contribution in [2.45, 2.75) is 49.6 Å². The average Bonchev–Trinajstić information content (AvgIpc) is 2.89. The predicted molar refractivity (Wildman–Crippen MR) is 133 cm³/mol. The van der Waals surface area contributed by atoms with E-state index in [0.29, 0.717) is 49.1 Å². The first kappa shape index (κ1) is 26.3. The SMILES string of the molecule is COC1CN(Cc2ccc(C(F)(F)F)cc2)CCC1(O)c1ccc2ncc(C3CCC(=O)NC3=O)cc2c1. The maximum Gasteiger partial charge on any atom is 0.416 e. The number of nitrogens with zero attached hydrogens (tertiary/aromatic N) is 2. The molecule has 3 aromatic rings. The highest BCUT2D eigenvalue weighted by molar-refractivity contribution is 6.01. The number of carbonyl (C=O) groups excluding carboxylic acids is 2. The van der Waals surface area contributed by atoms with Crippen LogP contribution in [-0.2, 0) is 32.6 Å². The highest BCUT2D eigenvalue weighted by atomic mass is 19.4. The van der Waals surface area contributed by atoms with E-state index in [4.69, 9.17) is 4.74 Å². The van der Waals surface area contributed by atoms with E-state index in [-0.39, 0.29) is 18.2 Å². The number of rotatable bonds is 5. The van der Waals surface area contributed by atoms with Crippen LogP contribution in [-0.4, -0.2) is 53.1 Å². The number of aromatic nitrogens is 1. The topological polar surface area (TPSA) is 91.8 Å². The number of alkyl halides is 3. The molecule has 5 rings (SSSR count). The molecule has 3 heterocycles. The van der Waals surface area contributed by atoms with Crippen LogP contribution < -0.4 is 5.32 Å². The summed E-state index contributed by atoms with van der Waals surface area (Å²) in [7, 11) is 1.53. The minimum absolute atomic E-state index is 0.271. The summed E-state index contributed by atoms with van der Waals surface area (Å²) in [6.45, 7) is 1.34. The largest absolute Gasteiger partial charge is 0.416 e. The van der Waals surface area contributed by atoms with Crippen LogP contribution in [0.1, 0.15) is 47.4 Å². The van der Waals surface area contributed by atoms with Crippen LogP contribution in [0.5, 0.6) is 0 Å². The summed E-state index contributed by atoms with van der Waals surface area (Å²) in [4.78, 5) is 30.4. The maximum absolute atomic E-state index is 12.9. The fourth-order valence-electron chi connectivity index (χ4n) is 5.39. The van der Waals surface area contributed by atoms with E-state index in [9.17, 15) is 27.9 Å². The molecule has 200 valence electrons. The van der Waals surface area contributed by atoms with E-state index in [1.165, 1.54) is 19.2 Å². The highest BCUT2D eigenvalue weighted by Gasteiger charge is 2.43. The van der Waals surface area contributed by atoms with Crippen molar-refractivity contribution >= 4 is 22.7 Å². The van der Waals surface area contributed by atoms with Gasteiger partial charge in [-0.2, -0.15) is 13.2 Å². The third-order valence-electron chi connectivity index (χ3n) is 7.58. The molecule has 2 amide bonds. The number of benzene rings is 2. The Balaban J connectivity index is 1.34. The lowest BCUT2D eigenvalue weighted by atomic mass is 9.81. The molecule has 0 radical (unpaired) electrons. The van der Waals surface area contributed by atoms with Gasteiger partial charge in [0.15, 0.2) is 0 Å². The lowest BCUT2D eigenvalue weighted by Gasteiger charge is -2.44. The van der Waals surface area contributed by atoms with Gasteiger partial charge in [0.05, 0.1) is 17.0 Å². The zero-order valence-electron chi connectivity index (χ0n) is 20.8. The first-order valence-corrected chi connectivity index (χ1v) is 12.4. The number of ether oxygens (including phenoxy) is 1. The van der Waals surface area contributed by atoms with Gasteiger partial charge in [0.2, 0.25) is 11.8 Å². The molecule has 2 saturated heterocycles. The summed E-state index contributed by atoms with van der Waals surface area (Å²) < 4.78 is 44.3. The monoisotopic (exact) mass is 527 g/mol. The second-order valence-corrected chi connectivity index (χ2v) is 10.0. The molecule has 0 bridgehead atoms. The molecule has 7 nitrogen and oxygen atoms in total. The normalized spacial score (nSPS) is 25.0. The minimum Gasteiger partial charge on any atom is -0.382 e. The third kappa shape index (κ3) is 5.16. The summed E-state index contributed by atoms with van der Waals surface area (Å²) in [6, 6.07) is 12.5. The number of aliphatic hydroxyl groups is 1. The number of methoxy groups -OCH3 is 1. The Labute approximate surface area is 217 Å². The molecule has 38 heavy (non-hydrogen) atoms. The minimum atomic E-state index is -4.38. The van der Waals surface area contributed by atoms with Crippen molar-refractivity contribution in [1.82, 2.24) is 15.2 Å². The third-order valence-corrected chi connectivity index (χ3v) is 7.58. The summed E-state index contributed by atoms with van der Waals surface area (Å²) in [5.41, 5.74) is 0.854. The van der Waals surface area contributed by atoms with Gasteiger partial charge in [-0.15, -0.1) is 0 Å². The number of imide groups is 1. The number of hydrogen-bond donors (Lipinski definition) is 2. The lowest BCUT2D eigenvalue weighted by Crippen LogP contribution is -2.54. The van der Waals surface area contributed by atoms with Crippen molar-refractivity contribution < 1.29 is 32.6 Å². The number of hydrogen-bond acceptors (Lipinski definition) is 6. The smallest absolute Gasteiger partial charge is 0.382 e. The molecular weight excluding hydrogens is 499 g/mol. The molecule has 2 aromatic carbocycles. The van der Waals surface area contributed by atoms with Gasteiger partial charge in [-0.3, -0.25) is 24.8 Å². The van der Waals surface area contributed by atoms with Gasteiger partial charge in [0.1, 0.15) is 11.7 Å². The Morgan fingerprint density at radius 3 is 2.61 bits per heavy atom. The molecule has 3 atom stereocenters. The molecule has 10 heteroatoms. The van der Waals surface area contributed by atoms with Gasteiger partial charge in [0.25, 0.3) is 0 Å². The van der Waals surface area contributed by atoms with Crippen LogP contribution in [0.2, 0.25) is 0 Å². The first-order chi connectivity index (χ1) is 18.1. The molecule has 2 aliphatic heterocycles. The van der Waals surface area contributed by atoms with Gasteiger partial charge in [-0.1, -0.05) is 18.2 Å². The molecule has 2 N–H and O–H groups in total. The summed E-state index contributed by atoms with van der Waals surface area (Å²) in [5.74, 6) is -1.08. The maximum atomic E-state index is 12.9. The van der Waals surface area contributed by atoms with Gasteiger partial charge in [-0.05, 0) is 59.9 Å². The van der Waals surface area contributed by atoms with Crippen LogP contribution >= 0.6 is 0 Å². The van der Waals surface area contributed by atoms with E-state index >= 15 is 0 Å². The van der Waals surface area contributed by atoms with Gasteiger partial charge in [0, 0.05) is 44.7 Å². The van der Waals surface area contributed by atoms with Crippen LogP contribution in [0.25, 0.3) is 10.9 Å². The zero-order chi connectivity index (χ0) is 27.1. The van der Waals surface area contributed by atoms with E-state index in [1.807, 2.05) is 24.3 Å². The standard InChI is InChI=1S/C28H28F3N3O4/c1-38-24-16-34(15-17-2-4-20(5-3-17)28(29,30)31)11-10-27(24,37)21-6-8-23-18(13-21)12-19(14-32-23)22-7-9-25(35)33-26(22)36/h2-6,8,12-14,22,24,37H,7,9-11,15-16H2,1H3,(H,33,35,36). The average molecular weight is 528 g/mol. The van der Waals surface area contributed by atoms with Crippen molar-refractivity contribution in [2.24, 2.45) is 0 Å². The Hall–Kier alpha value is -3.34. The quantitative estimate of drug-likeness (QED) is 0.490. The number of carbonyl (C=O) groups is 2. The summed E-state index contributed by atoms with van der Waals surface area (Å²) in [6.07, 6.45) is -2.25. The van der Waals surface area contributed by atoms with E-state index < -0.39 is 29.4 Å². The van der Waals surface area contributed by atoms with Gasteiger partial charge >= 0.3 is 6.18 Å². The second-order valence-electron chi connectivity index (χ2n) is 10.0. The van der Waals surface area contributed by atoms with Crippen molar-refractivity contribution in [3.63, 3.8) is 0 Å². The number of fused-ring (bicyclic) bond motifs is 1. The number of halogens is 3. The predicted octanol–water partition coefficient (Wildman–Crippen LogP) is 3.88. The Kier molecular flexibility index (Phi) is 6.97. The Morgan fingerprint density at radius 1 is 1.16 bits per heavy atom. The molecule has 0 saturated carbocycles. The van der Waals surface area contributed by atoms with Crippen molar-refractivity contribution in [3.05, 3.63) is 77.0 Å². The van der Waals surface area contributed by atoms with Crippen molar-refractivity contribution in [2.75, 3.05) is 20.2 Å². The molecule has 0 spiro atoms. The van der Waals surface area contributed by atoms with Crippen molar-refractivity contribution in [1.29, 1.82) is 0 Å². The van der Waals surface area contributed by atoms with E-state index in [2.05, 4.69) is 15.2 Å². The molecule has 2 fully saturated rings. The Morgan fingerprint density at radius 2 is 1.92 bits per heavy atom. The molecular formula is C28H28F3N3O4. The highest BCUT2D eigenvalue weighted by Crippen LogP contribution is 2.37. The van der Waals surface area contributed by atoms with Crippen LogP contribution in [0.3, 0.4) is 0 Å². The summed E-state index contributed by atoms with van der Waals surface area (Å²) >= 11 is 0. The van der Waals surface area contributed by atoms with Crippen LogP contribution in [0.15, 0.2) is 54.7 Å². The van der Waals surface area contributed by atoms with Gasteiger partial charge in [-0.25, -0.2) is 0 Å². The van der Waals surface area contributed by atoms with Gasteiger partial charge < -0.3 is 9.84 Å². The molecule has 2 aliphatic rings. The fourth-order valence-corrected chi connectivity index (χ4v) is 5.39. The van der Waals surface area contributed by atoms with Crippen LogP contribution in [0, 0.1) is 0 Å². The lowest BCUT2D eigenvalue weighted by molar-refractivity contribution is -0.141. The molecule has 0 aliphatic carbocycles. The number of nitrogens with one attached hydrogen (secondary N) is 1.